The molecule has 0 N–H and O–H groups in total. The Hall–Kier alpha value is -0.930. The van der Waals surface area contributed by atoms with Crippen molar-refractivity contribution in [2.75, 3.05) is 27.2 Å². The number of rotatable bonds is 3. The normalized spacial score (nSPS) is 16.2. The van der Waals surface area contributed by atoms with E-state index in [1.807, 2.05) is 0 Å². The van der Waals surface area contributed by atoms with Crippen molar-refractivity contribution in [2.24, 2.45) is 0 Å². The molecule has 1 fully saturated rings. The van der Waals surface area contributed by atoms with Crippen molar-refractivity contribution in [3.05, 3.63) is 39.5 Å². The van der Waals surface area contributed by atoms with E-state index in [1.54, 1.807) is 11.0 Å². The fourth-order valence-corrected chi connectivity index (χ4v) is 3.73. The molecule has 0 saturated carbocycles. The van der Waals surface area contributed by atoms with Crippen LogP contribution in [0, 0.1) is 3.57 Å². The summed E-state index contributed by atoms with van der Waals surface area (Å²) < 4.78 is 26.4. The van der Waals surface area contributed by atoms with Gasteiger partial charge in [-0.05, 0) is 53.6 Å². The van der Waals surface area contributed by atoms with Gasteiger partial charge >= 0.3 is 0 Å². The van der Waals surface area contributed by atoms with E-state index in [2.05, 4.69) is 29.2 Å². The first kappa shape index (κ1) is 17.4. The van der Waals surface area contributed by atoms with Crippen LogP contribution in [-0.2, 0) is 10.0 Å². The first-order chi connectivity index (χ1) is 10.2. The number of piperidine rings is 1. The average molecular weight is 434 g/mol. The lowest BCUT2D eigenvalue weighted by atomic mass is 10.0. The second kappa shape index (κ2) is 6.67. The number of nitrogens with zero attached hydrogens (tertiary/aromatic N) is 2. The molecule has 5 nitrogen and oxygen atoms in total. The highest BCUT2D eigenvalue weighted by molar-refractivity contribution is 14.1. The molecule has 1 heterocycles. The number of carbonyl (C=O) groups excluding carboxylic acids is 1. The van der Waals surface area contributed by atoms with Crippen LogP contribution in [0.1, 0.15) is 23.2 Å². The number of likely N-dealkylation sites (tertiary alicyclic amines) is 1. The quantitative estimate of drug-likeness (QED) is 0.542. The molecule has 1 amide bonds. The topological polar surface area (TPSA) is 57.7 Å². The molecule has 2 rings (SSSR count). The SMILES string of the molecule is C=C1CCN(C(=O)c2cc(S(=O)(=O)N(C)C)ccc2I)CC1. The number of halogens is 1. The molecule has 1 saturated heterocycles. The summed E-state index contributed by atoms with van der Waals surface area (Å²) in [5.41, 5.74) is 1.60. The summed E-state index contributed by atoms with van der Waals surface area (Å²) in [5.74, 6) is -0.118. The summed E-state index contributed by atoms with van der Waals surface area (Å²) >= 11 is 2.06. The van der Waals surface area contributed by atoms with Gasteiger partial charge in [0, 0.05) is 30.8 Å². The molecule has 1 aromatic rings. The Labute approximate surface area is 145 Å². The summed E-state index contributed by atoms with van der Waals surface area (Å²) in [4.78, 5) is 14.6. The lowest BCUT2D eigenvalue weighted by Gasteiger charge is -2.28. The van der Waals surface area contributed by atoms with Crippen LogP contribution >= 0.6 is 22.6 Å². The zero-order valence-corrected chi connectivity index (χ0v) is 15.6. The first-order valence-electron chi connectivity index (χ1n) is 6.91. The fraction of sp³-hybridized carbons (Fsp3) is 0.400. The van der Waals surface area contributed by atoms with Crippen LogP contribution in [-0.4, -0.2) is 50.7 Å². The largest absolute Gasteiger partial charge is 0.338 e. The highest BCUT2D eigenvalue weighted by atomic mass is 127. The lowest BCUT2D eigenvalue weighted by Crippen LogP contribution is -2.36. The Bertz CT molecular complexity index is 703. The molecule has 1 aliphatic heterocycles. The smallest absolute Gasteiger partial charge is 0.254 e. The molecule has 0 spiro atoms. The molecule has 0 aliphatic carbocycles. The fourth-order valence-electron chi connectivity index (χ4n) is 2.24. The van der Waals surface area contributed by atoms with Crippen molar-refractivity contribution < 1.29 is 13.2 Å². The second-order valence-electron chi connectivity index (χ2n) is 5.47. The van der Waals surface area contributed by atoms with Gasteiger partial charge in [-0.3, -0.25) is 4.79 Å². The maximum absolute atomic E-state index is 12.7. The summed E-state index contributed by atoms with van der Waals surface area (Å²) in [6.07, 6.45) is 1.61. The Morgan fingerprint density at radius 1 is 1.27 bits per heavy atom. The Kier molecular flexibility index (Phi) is 5.29. The summed E-state index contributed by atoms with van der Waals surface area (Å²) in [6, 6.07) is 4.68. The minimum absolute atomic E-state index is 0.118. The van der Waals surface area contributed by atoms with E-state index in [-0.39, 0.29) is 10.8 Å². The zero-order chi connectivity index (χ0) is 16.5. The van der Waals surface area contributed by atoms with Crippen molar-refractivity contribution in [3.63, 3.8) is 0 Å². The van der Waals surface area contributed by atoms with Gasteiger partial charge in [0.25, 0.3) is 5.91 Å². The molecule has 0 unspecified atom stereocenters. The van der Waals surface area contributed by atoms with E-state index in [9.17, 15) is 13.2 Å². The molecule has 0 bridgehead atoms. The summed E-state index contributed by atoms with van der Waals surface area (Å²) in [7, 11) is -0.590. The van der Waals surface area contributed by atoms with Crippen molar-refractivity contribution >= 4 is 38.5 Å². The molecule has 1 aliphatic rings. The van der Waals surface area contributed by atoms with Crippen LogP contribution < -0.4 is 0 Å². The number of hydrogen-bond acceptors (Lipinski definition) is 3. The van der Waals surface area contributed by atoms with Gasteiger partial charge in [0.05, 0.1) is 10.5 Å². The number of benzene rings is 1. The Balaban J connectivity index is 2.35. The maximum Gasteiger partial charge on any atom is 0.254 e. The molecule has 0 aromatic heterocycles. The Morgan fingerprint density at radius 3 is 2.41 bits per heavy atom. The number of hydrogen-bond donors (Lipinski definition) is 0. The van der Waals surface area contributed by atoms with Crippen LogP contribution in [0.4, 0.5) is 0 Å². The van der Waals surface area contributed by atoms with E-state index in [4.69, 9.17) is 0 Å². The molecule has 22 heavy (non-hydrogen) atoms. The van der Waals surface area contributed by atoms with Crippen molar-refractivity contribution in [1.82, 2.24) is 9.21 Å². The third-order valence-electron chi connectivity index (χ3n) is 3.70. The van der Waals surface area contributed by atoms with Gasteiger partial charge in [-0.2, -0.15) is 0 Å². The Morgan fingerprint density at radius 2 is 1.86 bits per heavy atom. The van der Waals surface area contributed by atoms with Gasteiger partial charge in [-0.25, -0.2) is 12.7 Å². The van der Waals surface area contributed by atoms with Crippen LogP contribution in [0.25, 0.3) is 0 Å². The molecule has 0 atom stereocenters. The second-order valence-corrected chi connectivity index (χ2v) is 8.79. The first-order valence-corrected chi connectivity index (χ1v) is 9.43. The highest BCUT2D eigenvalue weighted by Gasteiger charge is 2.24. The van der Waals surface area contributed by atoms with E-state index in [0.29, 0.717) is 18.7 Å². The predicted octanol–water partition coefficient (Wildman–Crippen LogP) is 2.33. The number of amides is 1. The molecule has 1 aromatic carbocycles. The number of carbonyl (C=O) groups is 1. The van der Waals surface area contributed by atoms with Crippen LogP contribution in [0.15, 0.2) is 35.2 Å². The third-order valence-corrected chi connectivity index (χ3v) is 6.46. The van der Waals surface area contributed by atoms with Crippen LogP contribution in [0.3, 0.4) is 0 Å². The van der Waals surface area contributed by atoms with Crippen LogP contribution in [0.5, 0.6) is 0 Å². The van der Waals surface area contributed by atoms with E-state index in [0.717, 1.165) is 26.3 Å². The highest BCUT2D eigenvalue weighted by Crippen LogP contribution is 2.23. The van der Waals surface area contributed by atoms with Crippen molar-refractivity contribution in [2.45, 2.75) is 17.7 Å². The van der Waals surface area contributed by atoms with Gasteiger partial charge in [0.2, 0.25) is 10.0 Å². The van der Waals surface area contributed by atoms with Crippen LogP contribution in [0.2, 0.25) is 0 Å². The molecule has 0 radical (unpaired) electrons. The molecular formula is C15H19IN2O3S. The minimum atomic E-state index is -3.54. The van der Waals surface area contributed by atoms with Gasteiger partial charge < -0.3 is 4.90 Å². The third kappa shape index (κ3) is 3.52. The monoisotopic (exact) mass is 434 g/mol. The van der Waals surface area contributed by atoms with E-state index >= 15 is 0 Å². The molecule has 7 heteroatoms. The molecule has 120 valence electrons. The predicted molar refractivity (Wildman–Crippen MR) is 94.3 cm³/mol. The number of sulfonamides is 1. The lowest BCUT2D eigenvalue weighted by molar-refractivity contribution is 0.0742. The van der Waals surface area contributed by atoms with E-state index < -0.39 is 10.0 Å². The van der Waals surface area contributed by atoms with E-state index in [1.165, 1.54) is 26.2 Å². The summed E-state index contributed by atoms with van der Waals surface area (Å²) in [5, 5.41) is 0. The minimum Gasteiger partial charge on any atom is -0.338 e. The standard InChI is InChI=1S/C15H19IN2O3S/c1-11-6-8-18(9-7-11)15(19)13-10-12(4-5-14(13)16)22(20,21)17(2)3/h4-5,10H,1,6-9H2,2-3H3. The van der Waals surface area contributed by atoms with Gasteiger partial charge in [0.1, 0.15) is 0 Å². The van der Waals surface area contributed by atoms with Gasteiger partial charge in [0.15, 0.2) is 0 Å². The zero-order valence-electron chi connectivity index (χ0n) is 12.7. The summed E-state index contributed by atoms with van der Waals surface area (Å²) in [6.45, 7) is 5.21. The average Bonchev–Trinajstić information content (AvgIpc) is 2.47. The van der Waals surface area contributed by atoms with Gasteiger partial charge in [-0.15, -0.1) is 0 Å². The maximum atomic E-state index is 12.7. The van der Waals surface area contributed by atoms with Crippen molar-refractivity contribution in [1.29, 1.82) is 0 Å². The van der Waals surface area contributed by atoms with Crippen molar-refractivity contribution in [3.8, 4) is 0 Å². The molecular weight excluding hydrogens is 415 g/mol. The van der Waals surface area contributed by atoms with Gasteiger partial charge in [-0.1, -0.05) is 12.2 Å².